The first kappa shape index (κ1) is 19.5. The van der Waals surface area contributed by atoms with Crippen LogP contribution < -0.4 is 5.32 Å². The van der Waals surface area contributed by atoms with Crippen LogP contribution in [0, 0.1) is 11.3 Å². The van der Waals surface area contributed by atoms with E-state index in [9.17, 15) is 9.59 Å². The van der Waals surface area contributed by atoms with Crippen molar-refractivity contribution < 1.29 is 9.59 Å². The molecule has 0 saturated carbocycles. The molecule has 25 heavy (non-hydrogen) atoms. The van der Waals surface area contributed by atoms with Crippen LogP contribution in [0.1, 0.15) is 59.9 Å². The zero-order valence-electron chi connectivity index (χ0n) is 16.5. The van der Waals surface area contributed by atoms with Crippen LogP contribution in [-0.4, -0.2) is 29.8 Å². The minimum absolute atomic E-state index is 0.0722. The summed E-state index contributed by atoms with van der Waals surface area (Å²) in [4.78, 5) is 27.4. The van der Waals surface area contributed by atoms with Gasteiger partial charge in [-0.05, 0) is 55.7 Å². The van der Waals surface area contributed by atoms with E-state index < -0.39 is 5.41 Å². The Balaban J connectivity index is 2.06. The van der Waals surface area contributed by atoms with E-state index in [0.29, 0.717) is 5.92 Å². The van der Waals surface area contributed by atoms with Gasteiger partial charge in [0.2, 0.25) is 11.8 Å². The Labute approximate surface area is 152 Å². The quantitative estimate of drug-likeness (QED) is 0.835. The minimum atomic E-state index is -1.07. The molecule has 0 aliphatic carbocycles. The molecule has 0 spiro atoms. The number of nitrogens with one attached hydrogen (secondary N) is 1. The van der Waals surface area contributed by atoms with Gasteiger partial charge in [0.25, 0.3) is 0 Å². The fourth-order valence-corrected chi connectivity index (χ4v) is 3.21. The lowest BCUT2D eigenvalue weighted by atomic mass is 9.86. The van der Waals surface area contributed by atoms with Gasteiger partial charge in [0.15, 0.2) is 0 Å². The normalized spacial score (nSPS) is 18.8. The Hall–Kier alpha value is -1.84. The van der Waals surface area contributed by atoms with Gasteiger partial charge in [-0.3, -0.25) is 9.59 Å². The Morgan fingerprint density at radius 1 is 1.08 bits per heavy atom. The summed E-state index contributed by atoms with van der Waals surface area (Å²) in [7, 11) is 0. The van der Waals surface area contributed by atoms with E-state index in [0.717, 1.165) is 31.6 Å². The summed E-state index contributed by atoms with van der Waals surface area (Å²) in [6.45, 7) is 13.5. The number of hydrogen-bond acceptors (Lipinski definition) is 2. The maximum Gasteiger partial charge on any atom is 0.239 e. The van der Waals surface area contributed by atoms with Crippen LogP contribution in [0.5, 0.6) is 0 Å². The highest BCUT2D eigenvalue weighted by Crippen LogP contribution is 2.27. The van der Waals surface area contributed by atoms with E-state index in [1.165, 1.54) is 5.56 Å². The van der Waals surface area contributed by atoms with Gasteiger partial charge in [0, 0.05) is 18.8 Å². The first-order valence-corrected chi connectivity index (χ1v) is 9.23. The standard InChI is InChI=1S/C21H32N2O2/c1-15-8-7-13-23(14-15)19(25)21(5,6)18(24)22-17-11-9-16(10-12-17)20(2,3)4/h9-12,15H,7-8,13-14H2,1-6H3,(H,22,24). The lowest BCUT2D eigenvalue weighted by Gasteiger charge is -2.36. The number of nitrogens with zero attached hydrogens (tertiary/aromatic N) is 1. The van der Waals surface area contributed by atoms with Crippen molar-refractivity contribution in [2.45, 2.75) is 59.8 Å². The molecular formula is C21H32N2O2. The van der Waals surface area contributed by atoms with Crippen molar-refractivity contribution in [1.29, 1.82) is 0 Å². The summed E-state index contributed by atoms with van der Waals surface area (Å²) in [5.74, 6) is 0.170. The summed E-state index contributed by atoms with van der Waals surface area (Å²) in [5, 5.41) is 2.91. The maximum atomic E-state index is 12.8. The largest absolute Gasteiger partial charge is 0.342 e. The van der Waals surface area contributed by atoms with Crippen LogP contribution in [0.2, 0.25) is 0 Å². The highest BCUT2D eigenvalue weighted by atomic mass is 16.2. The van der Waals surface area contributed by atoms with Gasteiger partial charge >= 0.3 is 0 Å². The van der Waals surface area contributed by atoms with Crippen molar-refractivity contribution in [2.24, 2.45) is 11.3 Å². The van der Waals surface area contributed by atoms with Gasteiger partial charge in [-0.25, -0.2) is 0 Å². The van der Waals surface area contributed by atoms with Crippen LogP contribution >= 0.6 is 0 Å². The third-order valence-corrected chi connectivity index (χ3v) is 5.06. The fourth-order valence-electron chi connectivity index (χ4n) is 3.21. The second kappa shape index (κ2) is 7.19. The van der Waals surface area contributed by atoms with Crippen molar-refractivity contribution in [3.8, 4) is 0 Å². The van der Waals surface area contributed by atoms with Crippen LogP contribution in [-0.2, 0) is 15.0 Å². The van der Waals surface area contributed by atoms with Crippen molar-refractivity contribution >= 4 is 17.5 Å². The van der Waals surface area contributed by atoms with Gasteiger partial charge in [0.05, 0.1) is 0 Å². The van der Waals surface area contributed by atoms with E-state index in [1.54, 1.807) is 13.8 Å². The van der Waals surface area contributed by atoms with Gasteiger partial charge in [-0.15, -0.1) is 0 Å². The molecule has 0 bridgehead atoms. The maximum absolute atomic E-state index is 12.8. The molecule has 4 heteroatoms. The lowest BCUT2D eigenvalue weighted by molar-refractivity contribution is -0.147. The van der Waals surface area contributed by atoms with E-state index in [4.69, 9.17) is 0 Å². The summed E-state index contributed by atoms with van der Waals surface area (Å²) in [6.07, 6.45) is 2.16. The number of likely N-dealkylation sites (tertiary alicyclic amines) is 1. The molecule has 138 valence electrons. The number of rotatable bonds is 3. The van der Waals surface area contributed by atoms with Crippen molar-refractivity contribution in [1.82, 2.24) is 4.90 Å². The zero-order chi connectivity index (χ0) is 18.8. The number of carbonyl (C=O) groups excluding carboxylic acids is 2. The topological polar surface area (TPSA) is 49.4 Å². The molecule has 2 rings (SSSR count). The third-order valence-electron chi connectivity index (χ3n) is 5.06. The molecule has 1 N–H and O–H groups in total. The van der Waals surface area contributed by atoms with Crippen molar-refractivity contribution in [2.75, 3.05) is 18.4 Å². The highest BCUT2D eigenvalue weighted by Gasteiger charge is 2.40. The average molecular weight is 344 g/mol. The minimum Gasteiger partial charge on any atom is -0.342 e. The van der Waals surface area contributed by atoms with Crippen LogP contribution in [0.4, 0.5) is 5.69 Å². The Morgan fingerprint density at radius 2 is 1.68 bits per heavy atom. The van der Waals surface area contributed by atoms with Crippen molar-refractivity contribution in [3.05, 3.63) is 29.8 Å². The van der Waals surface area contributed by atoms with E-state index in [1.807, 2.05) is 29.2 Å². The SMILES string of the molecule is CC1CCCN(C(=O)C(C)(C)C(=O)Nc2ccc(C(C)(C)C)cc2)C1. The van der Waals surface area contributed by atoms with E-state index >= 15 is 0 Å². The van der Waals surface area contributed by atoms with Crippen LogP contribution in [0.15, 0.2) is 24.3 Å². The van der Waals surface area contributed by atoms with E-state index in [-0.39, 0.29) is 17.2 Å². The molecule has 1 atom stereocenters. The highest BCUT2D eigenvalue weighted by molar-refractivity contribution is 6.09. The van der Waals surface area contributed by atoms with Crippen LogP contribution in [0.25, 0.3) is 0 Å². The number of anilines is 1. The molecule has 1 aromatic rings. The number of carbonyl (C=O) groups is 2. The smallest absolute Gasteiger partial charge is 0.239 e. The number of piperidine rings is 1. The number of hydrogen-bond donors (Lipinski definition) is 1. The molecule has 1 aliphatic rings. The summed E-state index contributed by atoms with van der Waals surface area (Å²) >= 11 is 0. The predicted molar refractivity (Wildman–Crippen MR) is 103 cm³/mol. The number of amides is 2. The van der Waals surface area contributed by atoms with Gasteiger partial charge in [0.1, 0.15) is 5.41 Å². The molecule has 4 nitrogen and oxygen atoms in total. The summed E-state index contributed by atoms with van der Waals surface area (Å²) in [5.41, 5.74) is 0.941. The number of benzene rings is 1. The average Bonchev–Trinajstić information content (AvgIpc) is 2.53. The summed E-state index contributed by atoms with van der Waals surface area (Å²) < 4.78 is 0. The Kier molecular flexibility index (Phi) is 5.60. The first-order valence-electron chi connectivity index (χ1n) is 9.23. The van der Waals surface area contributed by atoms with Crippen LogP contribution in [0.3, 0.4) is 0 Å². The molecule has 1 aliphatic heterocycles. The summed E-state index contributed by atoms with van der Waals surface area (Å²) in [6, 6.07) is 7.86. The van der Waals surface area contributed by atoms with Gasteiger partial charge in [-0.1, -0.05) is 39.8 Å². The third kappa shape index (κ3) is 4.62. The molecule has 1 saturated heterocycles. The molecule has 1 aromatic carbocycles. The molecular weight excluding hydrogens is 312 g/mol. The fraction of sp³-hybridized carbons (Fsp3) is 0.619. The molecule has 2 amide bonds. The lowest BCUT2D eigenvalue weighted by Crippen LogP contribution is -2.50. The Bertz CT molecular complexity index is 626. The van der Waals surface area contributed by atoms with Gasteiger partial charge < -0.3 is 10.2 Å². The molecule has 1 fully saturated rings. The first-order chi connectivity index (χ1) is 11.5. The molecule has 0 aromatic heterocycles. The molecule has 1 heterocycles. The zero-order valence-corrected chi connectivity index (χ0v) is 16.5. The van der Waals surface area contributed by atoms with Gasteiger partial charge in [-0.2, -0.15) is 0 Å². The predicted octanol–water partition coefficient (Wildman–Crippen LogP) is 4.21. The monoisotopic (exact) mass is 344 g/mol. The molecule has 0 radical (unpaired) electrons. The second-order valence-corrected chi connectivity index (χ2v) is 8.91. The Morgan fingerprint density at radius 3 is 2.20 bits per heavy atom. The van der Waals surface area contributed by atoms with Crippen molar-refractivity contribution in [3.63, 3.8) is 0 Å². The second-order valence-electron chi connectivity index (χ2n) is 8.91. The van der Waals surface area contributed by atoms with E-state index in [2.05, 4.69) is 33.0 Å². The molecule has 1 unspecified atom stereocenters.